The molecule has 0 radical (unpaired) electrons. The summed E-state index contributed by atoms with van der Waals surface area (Å²) in [6, 6.07) is 7.12. The Hall–Kier alpha value is -3.37. The lowest BCUT2D eigenvalue weighted by Gasteiger charge is -2.26. The van der Waals surface area contributed by atoms with Gasteiger partial charge in [0.1, 0.15) is 11.5 Å². The van der Waals surface area contributed by atoms with Crippen molar-refractivity contribution >= 4 is 17.5 Å². The monoisotopic (exact) mass is 468 g/mol. The highest BCUT2D eigenvalue weighted by molar-refractivity contribution is 5.94. The Balaban J connectivity index is 1.49. The number of hydrogen-bond acceptors (Lipinski definition) is 7. The van der Waals surface area contributed by atoms with Crippen molar-refractivity contribution in [1.82, 2.24) is 24.8 Å². The number of carbonyl (C=O) groups is 1. The molecule has 9 nitrogen and oxygen atoms in total. The molecule has 0 spiro atoms. The Kier molecular flexibility index (Phi) is 7.81. The lowest BCUT2D eigenvalue weighted by molar-refractivity contribution is 0.0694. The van der Waals surface area contributed by atoms with Gasteiger partial charge in [0.25, 0.3) is 5.91 Å². The van der Waals surface area contributed by atoms with Crippen molar-refractivity contribution in [2.45, 2.75) is 32.2 Å². The highest BCUT2D eigenvalue weighted by Crippen LogP contribution is 2.31. The molecule has 4 rings (SSSR count). The van der Waals surface area contributed by atoms with E-state index in [-0.39, 0.29) is 23.6 Å². The summed E-state index contributed by atoms with van der Waals surface area (Å²) in [5.41, 5.74) is 2.03. The zero-order valence-corrected chi connectivity index (χ0v) is 19.4. The molecule has 0 bridgehead atoms. The van der Waals surface area contributed by atoms with Crippen molar-refractivity contribution in [3.63, 3.8) is 0 Å². The number of carbonyl (C=O) groups excluding carboxylic acids is 1. The van der Waals surface area contributed by atoms with E-state index in [4.69, 9.17) is 9.47 Å². The molecule has 180 valence electrons. The molecule has 2 aromatic heterocycles. The first-order valence-electron chi connectivity index (χ1n) is 11.4. The van der Waals surface area contributed by atoms with E-state index < -0.39 is 5.82 Å². The molecule has 0 atom stereocenters. The van der Waals surface area contributed by atoms with Gasteiger partial charge in [-0.25, -0.2) is 19.3 Å². The second kappa shape index (κ2) is 11.2. The fourth-order valence-electron chi connectivity index (χ4n) is 3.99. The van der Waals surface area contributed by atoms with Crippen molar-refractivity contribution in [3.8, 4) is 11.4 Å². The van der Waals surface area contributed by atoms with Crippen LogP contribution in [-0.4, -0.2) is 58.9 Å². The number of hydrogen-bond donors (Lipinski definition) is 2. The minimum Gasteiger partial charge on any atom is -0.385 e. The third-order valence-electron chi connectivity index (χ3n) is 5.74. The maximum absolute atomic E-state index is 14.8. The van der Waals surface area contributed by atoms with Crippen LogP contribution in [0.15, 0.2) is 36.7 Å². The fraction of sp³-hybridized carbons (Fsp3) is 0.417. The van der Waals surface area contributed by atoms with Gasteiger partial charge in [-0.05, 0) is 50.5 Å². The molecule has 10 heteroatoms. The maximum Gasteiger partial charge on any atom is 0.251 e. The predicted molar refractivity (Wildman–Crippen MR) is 126 cm³/mol. The number of methoxy groups -OCH3 is 1. The quantitative estimate of drug-likeness (QED) is 0.462. The fourth-order valence-corrected chi connectivity index (χ4v) is 3.99. The molecule has 3 heterocycles. The van der Waals surface area contributed by atoms with Crippen LogP contribution in [0.2, 0.25) is 0 Å². The number of amides is 1. The number of rotatable bonds is 9. The van der Waals surface area contributed by atoms with Gasteiger partial charge in [0.05, 0.1) is 18.1 Å². The molecule has 2 N–H and O–H groups in total. The van der Waals surface area contributed by atoms with E-state index in [9.17, 15) is 9.18 Å². The second-order valence-corrected chi connectivity index (χ2v) is 8.10. The first-order chi connectivity index (χ1) is 16.6. The van der Waals surface area contributed by atoms with Gasteiger partial charge in [-0.3, -0.25) is 4.79 Å². The second-order valence-electron chi connectivity index (χ2n) is 8.10. The minimum absolute atomic E-state index is 0.153. The molecular formula is C24H29FN6O3. The number of benzene rings is 1. The van der Waals surface area contributed by atoms with Crippen molar-refractivity contribution in [3.05, 3.63) is 53.9 Å². The molecule has 0 unspecified atom stereocenters. The maximum atomic E-state index is 14.8. The van der Waals surface area contributed by atoms with Gasteiger partial charge in [0.15, 0.2) is 5.82 Å². The van der Waals surface area contributed by atoms with Gasteiger partial charge < -0.3 is 24.7 Å². The van der Waals surface area contributed by atoms with Crippen LogP contribution in [0, 0.1) is 12.7 Å². The van der Waals surface area contributed by atoms with Gasteiger partial charge in [0.2, 0.25) is 5.95 Å². The third kappa shape index (κ3) is 5.57. The van der Waals surface area contributed by atoms with Gasteiger partial charge in [-0.15, -0.1) is 0 Å². The zero-order chi connectivity index (χ0) is 23.9. The molecular weight excluding hydrogens is 439 g/mol. The van der Waals surface area contributed by atoms with Gasteiger partial charge in [0, 0.05) is 50.8 Å². The summed E-state index contributed by atoms with van der Waals surface area (Å²) in [4.78, 5) is 25.2. The average Bonchev–Trinajstić information content (AvgIpc) is 3.25. The third-order valence-corrected chi connectivity index (χ3v) is 5.74. The Bertz CT molecular complexity index is 1110. The lowest BCUT2D eigenvalue weighted by Crippen LogP contribution is -2.25. The van der Waals surface area contributed by atoms with E-state index in [0.717, 1.165) is 31.3 Å². The van der Waals surface area contributed by atoms with Crippen LogP contribution in [0.1, 0.15) is 41.5 Å². The van der Waals surface area contributed by atoms with E-state index in [1.807, 2.05) is 11.5 Å². The standard InChI is InChI=1S/C24H29FN6O3/c1-16-27-15-21(31(16)19-8-12-34-13-9-19)22-20(25)14-28-24(30-22)29-18-6-4-17(5-7-18)23(32)26-10-3-11-33-2/h4-7,14-15,19H,3,8-13H2,1-2H3,(H,26,32)(H,28,29,30). The Morgan fingerprint density at radius 2 is 1.97 bits per heavy atom. The van der Waals surface area contributed by atoms with Gasteiger partial charge in [-0.2, -0.15) is 0 Å². The van der Waals surface area contributed by atoms with Gasteiger partial charge in [-0.1, -0.05) is 0 Å². The lowest BCUT2D eigenvalue weighted by atomic mass is 10.1. The van der Waals surface area contributed by atoms with Crippen LogP contribution < -0.4 is 10.6 Å². The minimum atomic E-state index is -0.515. The van der Waals surface area contributed by atoms with Crippen LogP contribution in [0.4, 0.5) is 16.0 Å². The first kappa shape index (κ1) is 23.8. The van der Waals surface area contributed by atoms with Crippen molar-refractivity contribution in [2.24, 2.45) is 0 Å². The van der Waals surface area contributed by atoms with Crippen LogP contribution >= 0.6 is 0 Å². The Morgan fingerprint density at radius 1 is 1.21 bits per heavy atom. The molecule has 1 aliphatic rings. The number of nitrogens with one attached hydrogen (secondary N) is 2. The van der Waals surface area contributed by atoms with Crippen molar-refractivity contribution < 1.29 is 18.7 Å². The number of halogens is 1. The predicted octanol–water partition coefficient (Wildman–Crippen LogP) is 3.65. The summed E-state index contributed by atoms with van der Waals surface area (Å²) in [5, 5.41) is 5.93. The number of aromatic nitrogens is 4. The number of imidazole rings is 1. The van der Waals surface area contributed by atoms with Crippen LogP contribution in [0.3, 0.4) is 0 Å². The van der Waals surface area contributed by atoms with E-state index in [1.165, 1.54) is 0 Å². The number of ether oxygens (including phenoxy) is 2. The summed E-state index contributed by atoms with van der Waals surface area (Å²) < 4.78 is 27.3. The van der Waals surface area contributed by atoms with Crippen LogP contribution in [0.25, 0.3) is 11.4 Å². The molecule has 1 saturated heterocycles. The van der Waals surface area contributed by atoms with E-state index in [1.54, 1.807) is 37.6 Å². The summed E-state index contributed by atoms with van der Waals surface area (Å²) in [6.07, 6.45) is 5.24. The van der Waals surface area contributed by atoms with Gasteiger partial charge >= 0.3 is 0 Å². The Morgan fingerprint density at radius 3 is 2.71 bits per heavy atom. The largest absolute Gasteiger partial charge is 0.385 e. The molecule has 34 heavy (non-hydrogen) atoms. The topological polar surface area (TPSA) is 103 Å². The zero-order valence-electron chi connectivity index (χ0n) is 19.4. The molecule has 1 amide bonds. The molecule has 1 aromatic carbocycles. The number of aryl methyl sites for hydroxylation is 1. The number of anilines is 2. The normalized spacial score (nSPS) is 14.2. The molecule has 1 fully saturated rings. The Labute approximate surface area is 197 Å². The van der Waals surface area contributed by atoms with E-state index >= 15 is 0 Å². The SMILES string of the molecule is COCCCNC(=O)c1ccc(Nc2ncc(F)c(-c3cnc(C)n3C3CCOCC3)n2)cc1. The summed E-state index contributed by atoms with van der Waals surface area (Å²) in [7, 11) is 1.63. The highest BCUT2D eigenvalue weighted by atomic mass is 19.1. The highest BCUT2D eigenvalue weighted by Gasteiger charge is 2.23. The summed E-state index contributed by atoms with van der Waals surface area (Å²) >= 11 is 0. The molecule has 1 aliphatic heterocycles. The summed E-state index contributed by atoms with van der Waals surface area (Å²) in [6.45, 7) is 4.39. The van der Waals surface area contributed by atoms with E-state index in [2.05, 4.69) is 25.6 Å². The van der Waals surface area contributed by atoms with Crippen LogP contribution in [0.5, 0.6) is 0 Å². The molecule has 0 aliphatic carbocycles. The van der Waals surface area contributed by atoms with Crippen molar-refractivity contribution in [1.29, 1.82) is 0 Å². The van der Waals surface area contributed by atoms with E-state index in [0.29, 0.717) is 43.3 Å². The molecule has 0 saturated carbocycles. The van der Waals surface area contributed by atoms with Crippen molar-refractivity contribution in [2.75, 3.05) is 38.8 Å². The summed E-state index contributed by atoms with van der Waals surface area (Å²) in [5.74, 6) is 0.398. The first-order valence-corrected chi connectivity index (χ1v) is 11.4. The number of nitrogens with zero attached hydrogens (tertiary/aromatic N) is 4. The average molecular weight is 469 g/mol. The molecule has 3 aromatic rings. The van der Waals surface area contributed by atoms with Crippen LogP contribution in [-0.2, 0) is 9.47 Å². The smallest absolute Gasteiger partial charge is 0.251 e.